The second kappa shape index (κ2) is 5.92. The number of aromatic nitrogens is 4. The van der Waals surface area contributed by atoms with Crippen molar-refractivity contribution < 1.29 is 0 Å². The first-order valence-corrected chi connectivity index (χ1v) is 9.15. The van der Waals surface area contributed by atoms with E-state index in [-0.39, 0.29) is 0 Å². The molecule has 1 saturated heterocycles. The van der Waals surface area contributed by atoms with Gasteiger partial charge in [-0.15, -0.1) is 15.3 Å². The Balaban J connectivity index is 1.63. The lowest BCUT2D eigenvalue weighted by Gasteiger charge is -2.18. The zero-order valence-electron chi connectivity index (χ0n) is 13.5. The molecule has 1 unspecified atom stereocenters. The smallest absolute Gasteiger partial charge is 0.186 e. The van der Waals surface area contributed by atoms with Crippen LogP contribution in [0.3, 0.4) is 0 Å². The van der Waals surface area contributed by atoms with Crippen LogP contribution in [0, 0.1) is 11.8 Å². The van der Waals surface area contributed by atoms with E-state index in [1.54, 1.807) is 11.3 Å². The third-order valence-corrected chi connectivity index (χ3v) is 5.13. The fourth-order valence-electron chi connectivity index (χ4n) is 3.42. The van der Waals surface area contributed by atoms with Gasteiger partial charge in [-0.05, 0) is 48.3 Å². The van der Waals surface area contributed by atoms with E-state index in [2.05, 4.69) is 51.8 Å². The zero-order valence-corrected chi connectivity index (χ0v) is 14.3. The van der Waals surface area contributed by atoms with Crippen LogP contribution in [0.2, 0.25) is 0 Å². The molecule has 1 aliphatic rings. The molecule has 0 radical (unpaired) electrons. The first kappa shape index (κ1) is 14.6. The van der Waals surface area contributed by atoms with Crippen molar-refractivity contribution in [2.24, 2.45) is 11.8 Å². The normalized spacial score (nSPS) is 18.4. The molecule has 5 nitrogen and oxygen atoms in total. The minimum atomic E-state index is 0.762. The Hall–Kier alpha value is -1.95. The van der Waals surface area contributed by atoms with E-state index in [0.717, 1.165) is 47.8 Å². The highest BCUT2D eigenvalue weighted by Gasteiger charge is 2.24. The van der Waals surface area contributed by atoms with Gasteiger partial charge in [0.1, 0.15) is 5.82 Å². The molecule has 0 amide bonds. The lowest BCUT2D eigenvalue weighted by Crippen LogP contribution is -2.22. The highest BCUT2D eigenvalue weighted by molar-refractivity contribution is 7.08. The molecule has 23 heavy (non-hydrogen) atoms. The minimum absolute atomic E-state index is 0.762. The predicted molar refractivity (Wildman–Crippen MR) is 93.9 cm³/mol. The Morgan fingerprint density at radius 3 is 2.96 bits per heavy atom. The molecule has 1 atom stereocenters. The van der Waals surface area contributed by atoms with Crippen LogP contribution in [0.25, 0.3) is 17.0 Å². The van der Waals surface area contributed by atoms with Crippen molar-refractivity contribution in [2.75, 3.05) is 18.0 Å². The Morgan fingerprint density at radius 1 is 1.26 bits per heavy atom. The Morgan fingerprint density at radius 2 is 2.17 bits per heavy atom. The molecule has 0 saturated carbocycles. The molecule has 0 aliphatic carbocycles. The van der Waals surface area contributed by atoms with Crippen LogP contribution in [0.4, 0.5) is 5.82 Å². The average Bonchev–Trinajstić information content (AvgIpc) is 3.25. The summed E-state index contributed by atoms with van der Waals surface area (Å²) < 4.78 is 1.87. The highest BCUT2D eigenvalue weighted by atomic mass is 32.1. The van der Waals surface area contributed by atoms with Crippen molar-refractivity contribution >= 4 is 22.8 Å². The first-order chi connectivity index (χ1) is 11.2. The summed E-state index contributed by atoms with van der Waals surface area (Å²) in [6.45, 7) is 6.80. The van der Waals surface area contributed by atoms with Crippen molar-refractivity contribution in [3.8, 4) is 11.4 Å². The summed E-state index contributed by atoms with van der Waals surface area (Å²) in [7, 11) is 0. The number of rotatable bonds is 4. The van der Waals surface area contributed by atoms with Gasteiger partial charge < -0.3 is 4.90 Å². The summed E-state index contributed by atoms with van der Waals surface area (Å²) >= 11 is 1.66. The molecule has 0 bridgehead atoms. The van der Waals surface area contributed by atoms with Gasteiger partial charge >= 0.3 is 0 Å². The molecule has 120 valence electrons. The highest BCUT2D eigenvalue weighted by Crippen LogP contribution is 2.27. The van der Waals surface area contributed by atoms with Gasteiger partial charge in [-0.2, -0.15) is 15.9 Å². The van der Waals surface area contributed by atoms with Gasteiger partial charge in [0, 0.05) is 24.0 Å². The number of thiophene rings is 1. The van der Waals surface area contributed by atoms with Crippen LogP contribution in [-0.4, -0.2) is 32.9 Å². The van der Waals surface area contributed by atoms with Crippen molar-refractivity contribution in [1.29, 1.82) is 0 Å². The van der Waals surface area contributed by atoms with Gasteiger partial charge in [0.05, 0.1) is 0 Å². The number of hydrogen-bond acceptors (Lipinski definition) is 5. The standard InChI is InChI=1S/C17H21N5S/c1-12(2)9-13-5-7-21(10-13)16-4-3-15-18-19-17(22(15)20-16)14-6-8-23-11-14/h3-4,6,8,11-13H,5,7,9-10H2,1-2H3. The average molecular weight is 327 g/mol. The summed E-state index contributed by atoms with van der Waals surface area (Å²) in [6, 6.07) is 6.14. The van der Waals surface area contributed by atoms with E-state index < -0.39 is 0 Å². The van der Waals surface area contributed by atoms with Gasteiger partial charge in [-0.1, -0.05) is 13.8 Å². The molecule has 1 aliphatic heterocycles. The molecular formula is C17H21N5S. The molecule has 4 rings (SSSR count). The van der Waals surface area contributed by atoms with Crippen LogP contribution < -0.4 is 4.90 Å². The molecule has 4 heterocycles. The third kappa shape index (κ3) is 2.83. The molecule has 0 spiro atoms. The number of fused-ring (bicyclic) bond motifs is 1. The van der Waals surface area contributed by atoms with Gasteiger partial charge in [-0.25, -0.2) is 0 Å². The molecule has 3 aromatic heterocycles. The van der Waals surface area contributed by atoms with Crippen molar-refractivity contribution in [2.45, 2.75) is 26.7 Å². The van der Waals surface area contributed by atoms with Crippen LogP contribution >= 0.6 is 11.3 Å². The second-order valence-corrected chi connectivity index (χ2v) is 7.51. The van der Waals surface area contributed by atoms with Gasteiger partial charge in [0.25, 0.3) is 0 Å². The maximum Gasteiger partial charge on any atom is 0.186 e. The fourth-order valence-corrected chi connectivity index (χ4v) is 4.05. The minimum Gasteiger partial charge on any atom is -0.355 e. The topological polar surface area (TPSA) is 46.3 Å². The Bertz CT molecular complexity index is 793. The lowest BCUT2D eigenvalue weighted by atomic mass is 9.97. The van der Waals surface area contributed by atoms with Crippen molar-refractivity contribution in [1.82, 2.24) is 19.8 Å². The van der Waals surface area contributed by atoms with E-state index in [4.69, 9.17) is 5.10 Å². The number of anilines is 1. The second-order valence-electron chi connectivity index (χ2n) is 6.73. The third-order valence-electron chi connectivity index (χ3n) is 4.44. The summed E-state index contributed by atoms with van der Waals surface area (Å²) in [5, 5.41) is 17.5. The van der Waals surface area contributed by atoms with E-state index in [0.29, 0.717) is 0 Å². The van der Waals surface area contributed by atoms with Crippen molar-refractivity contribution in [3.05, 3.63) is 29.0 Å². The largest absolute Gasteiger partial charge is 0.355 e. The zero-order chi connectivity index (χ0) is 15.8. The lowest BCUT2D eigenvalue weighted by molar-refractivity contribution is 0.441. The summed E-state index contributed by atoms with van der Waals surface area (Å²) in [4.78, 5) is 2.39. The monoisotopic (exact) mass is 327 g/mol. The van der Waals surface area contributed by atoms with Crippen LogP contribution in [-0.2, 0) is 0 Å². The summed E-state index contributed by atoms with van der Waals surface area (Å²) in [5.74, 6) is 3.39. The Labute approximate surface area is 140 Å². The number of nitrogens with zero attached hydrogens (tertiary/aromatic N) is 5. The maximum absolute atomic E-state index is 4.81. The van der Waals surface area contributed by atoms with E-state index >= 15 is 0 Å². The molecule has 1 fully saturated rings. The summed E-state index contributed by atoms with van der Waals surface area (Å²) in [5.41, 5.74) is 1.87. The van der Waals surface area contributed by atoms with Crippen molar-refractivity contribution in [3.63, 3.8) is 0 Å². The first-order valence-electron chi connectivity index (χ1n) is 8.20. The molecule has 6 heteroatoms. The van der Waals surface area contributed by atoms with Crippen LogP contribution in [0.15, 0.2) is 29.0 Å². The Kier molecular flexibility index (Phi) is 3.77. The van der Waals surface area contributed by atoms with E-state index in [1.807, 2.05) is 10.6 Å². The quantitative estimate of drug-likeness (QED) is 0.732. The summed E-state index contributed by atoms with van der Waals surface area (Å²) in [6.07, 6.45) is 2.56. The van der Waals surface area contributed by atoms with Gasteiger partial charge in [0.15, 0.2) is 11.5 Å². The molecule has 3 aromatic rings. The fraction of sp³-hybridized carbons (Fsp3) is 0.471. The maximum atomic E-state index is 4.81. The van der Waals surface area contributed by atoms with Gasteiger partial charge in [0.2, 0.25) is 0 Å². The number of hydrogen-bond donors (Lipinski definition) is 0. The van der Waals surface area contributed by atoms with E-state index in [9.17, 15) is 0 Å². The molecule has 0 aromatic carbocycles. The van der Waals surface area contributed by atoms with E-state index in [1.165, 1.54) is 12.8 Å². The molecule has 0 N–H and O–H groups in total. The van der Waals surface area contributed by atoms with Crippen LogP contribution in [0.1, 0.15) is 26.7 Å². The predicted octanol–water partition coefficient (Wildman–Crippen LogP) is 3.73. The van der Waals surface area contributed by atoms with Crippen LogP contribution in [0.5, 0.6) is 0 Å². The van der Waals surface area contributed by atoms with Gasteiger partial charge in [-0.3, -0.25) is 0 Å². The molecular weight excluding hydrogens is 306 g/mol. The SMILES string of the molecule is CC(C)CC1CCN(c2ccc3nnc(-c4ccsc4)n3n2)C1.